The van der Waals surface area contributed by atoms with Crippen molar-refractivity contribution < 1.29 is 9.90 Å². The zero-order valence-electron chi connectivity index (χ0n) is 15.5. The molecular weight excluding hydrogens is 340 g/mol. The van der Waals surface area contributed by atoms with E-state index in [4.69, 9.17) is 5.11 Å². The Kier molecular flexibility index (Phi) is 5.35. The molecule has 1 heterocycles. The number of hydrogen-bond donors (Lipinski definition) is 3. The zero-order valence-corrected chi connectivity index (χ0v) is 15.5. The second kappa shape index (κ2) is 7.86. The van der Waals surface area contributed by atoms with Gasteiger partial charge in [-0.3, -0.25) is 0 Å². The predicted molar refractivity (Wildman–Crippen MR) is 107 cm³/mol. The summed E-state index contributed by atoms with van der Waals surface area (Å²) in [6, 6.07) is 16.5. The molecule has 0 spiro atoms. The summed E-state index contributed by atoms with van der Waals surface area (Å²) in [4.78, 5) is 19.8. The molecule has 2 aromatic carbocycles. The maximum absolute atomic E-state index is 11.0. The molecule has 3 aromatic rings. The summed E-state index contributed by atoms with van der Waals surface area (Å²) >= 11 is 0. The summed E-state index contributed by atoms with van der Waals surface area (Å²) in [6.07, 6.45) is 0. The molecule has 0 aliphatic heterocycles. The van der Waals surface area contributed by atoms with Crippen molar-refractivity contribution in [3.05, 3.63) is 71.5 Å². The summed E-state index contributed by atoms with van der Waals surface area (Å²) < 4.78 is 0. The van der Waals surface area contributed by atoms with E-state index in [1.54, 1.807) is 24.3 Å². The maximum Gasteiger partial charge on any atom is 0.335 e. The molecule has 6 nitrogen and oxygen atoms in total. The van der Waals surface area contributed by atoms with E-state index in [0.29, 0.717) is 23.4 Å². The molecule has 3 rings (SSSR count). The first kappa shape index (κ1) is 18.4. The van der Waals surface area contributed by atoms with Gasteiger partial charge in [-0.15, -0.1) is 0 Å². The fraction of sp³-hybridized carbons (Fsp3) is 0.190. The van der Waals surface area contributed by atoms with E-state index in [1.165, 1.54) is 5.56 Å². The van der Waals surface area contributed by atoms with Crippen molar-refractivity contribution >= 4 is 29.0 Å². The summed E-state index contributed by atoms with van der Waals surface area (Å²) in [5.74, 6) is 1.40. The molecule has 0 saturated heterocycles. The third kappa shape index (κ3) is 4.61. The van der Waals surface area contributed by atoms with E-state index in [1.807, 2.05) is 31.2 Å². The number of nitrogens with one attached hydrogen (secondary N) is 2. The van der Waals surface area contributed by atoms with Crippen LogP contribution in [0.3, 0.4) is 0 Å². The van der Waals surface area contributed by atoms with Gasteiger partial charge in [0.1, 0.15) is 17.5 Å². The first-order chi connectivity index (χ1) is 12.9. The van der Waals surface area contributed by atoms with Gasteiger partial charge in [0.15, 0.2) is 0 Å². The van der Waals surface area contributed by atoms with Gasteiger partial charge in [0.25, 0.3) is 0 Å². The number of anilines is 4. The highest BCUT2D eigenvalue weighted by molar-refractivity contribution is 5.88. The van der Waals surface area contributed by atoms with Crippen molar-refractivity contribution in [3.8, 4) is 0 Å². The Morgan fingerprint density at radius 1 is 0.963 bits per heavy atom. The third-order valence-corrected chi connectivity index (χ3v) is 4.09. The Morgan fingerprint density at radius 2 is 1.59 bits per heavy atom. The highest BCUT2D eigenvalue weighted by Gasteiger charge is 2.09. The number of para-hydroxylation sites is 1. The van der Waals surface area contributed by atoms with E-state index in [2.05, 4.69) is 40.5 Å². The van der Waals surface area contributed by atoms with Crippen molar-refractivity contribution in [2.75, 3.05) is 10.6 Å². The summed E-state index contributed by atoms with van der Waals surface area (Å²) in [6.45, 7) is 6.14. The fourth-order valence-corrected chi connectivity index (χ4v) is 2.79. The second-order valence-electron chi connectivity index (χ2n) is 6.56. The molecule has 3 N–H and O–H groups in total. The molecule has 0 amide bonds. The summed E-state index contributed by atoms with van der Waals surface area (Å²) in [5.41, 5.74) is 3.23. The lowest BCUT2D eigenvalue weighted by atomic mass is 10.0. The minimum absolute atomic E-state index is 0.243. The van der Waals surface area contributed by atoms with Crippen molar-refractivity contribution in [3.63, 3.8) is 0 Å². The van der Waals surface area contributed by atoms with Crippen molar-refractivity contribution in [2.45, 2.75) is 26.7 Å². The van der Waals surface area contributed by atoms with Gasteiger partial charge in [-0.05, 0) is 48.7 Å². The van der Waals surface area contributed by atoms with Crippen LogP contribution in [0.5, 0.6) is 0 Å². The highest BCUT2D eigenvalue weighted by atomic mass is 16.4. The van der Waals surface area contributed by atoms with E-state index in [-0.39, 0.29) is 5.56 Å². The van der Waals surface area contributed by atoms with E-state index >= 15 is 0 Å². The third-order valence-electron chi connectivity index (χ3n) is 4.09. The Morgan fingerprint density at radius 3 is 2.22 bits per heavy atom. The van der Waals surface area contributed by atoms with Crippen LogP contribution in [-0.2, 0) is 0 Å². The minimum Gasteiger partial charge on any atom is -0.478 e. The Hall–Kier alpha value is -3.41. The lowest BCUT2D eigenvalue weighted by Gasteiger charge is -2.15. The number of aromatic carboxylic acids is 1. The van der Waals surface area contributed by atoms with E-state index < -0.39 is 5.97 Å². The lowest BCUT2D eigenvalue weighted by Crippen LogP contribution is -2.03. The first-order valence-electron chi connectivity index (χ1n) is 8.74. The lowest BCUT2D eigenvalue weighted by molar-refractivity contribution is 0.0697. The Balaban J connectivity index is 1.83. The molecule has 0 bridgehead atoms. The fourth-order valence-electron chi connectivity index (χ4n) is 2.79. The standard InChI is InChI=1S/C21H22N4O2/c1-13(2)17-6-4-5-7-18(17)25-20-12-19(22-14(3)23-20)24-16-10-8-15(9-11-16)21(26)27/h4-13H,1-3H3,(H,26,27)(H2,22,23,24,25). The smallest absolute Gasteiger partial charge is 0.335 e. The number of hydrogen-bond acceptors (Lipinski definition) is 5. The van der Waals surface area contributed by atoms with Gasteiger partial charge in [0.05, 0.1) is 5.56 Å². The van der Waals surface area contributed by atoms with Gasteiger partial charge in [0.2, 0.25) is 0 Å². The van der Waals surface area contributed by atoms with Gasteiger partial charge < -0.3 is 15.7 Å². The van der Waals surface area contributed by atoms with Crippen LogP contribution < -0.4 is 10.6 Å². The molecule has 138 valence electrons. The molecule has 0 aliphatic rings. The number of carbonyl (C=O) groups is 1. The molecule has 0 fully saturated rings. The molecule has 27 heavy (non-hydrogen) atoms. The van der Waals surface area contributed by atoms with Crippen LogP contribution in [0.1, 0.15) is 41.5 Å². The molecule has 0 unspecified atom stereocenters. The van der Waals surface area contributed by atoms with Gasteiger partial charge in [-0.25, -0.2) is 14.8 Å². The van der Waals surface area contributed by atoms with Crippen LogP contribution in [0, 0.1) is 6.92 Å². The predicted octanol–water partition coefficient (Wildman–Crippen LogP) is 5.09. The summed E-state index contributed by atoms with van der Waals surface area (Å²) in [7, 11) is 0. The monoisotopic (exact) mass is 362 g/mol. The molecule has 1 aromatic heterocycles. The highest BCUT2D eigenvalue weighted by Crippen LogP contribution is 2.27. The Labute approximate surface area is 158 Å². The van der Waals surface area contributed by atoms with Crippen LogP contribution in [0.15, 0.2) is 54.6 Å². The molecule has 0 atom stereocenters. The Bertz CT molecular complexity index is 953. The number of aromatic nitrogens is 2. The minimum atomic E-state index is -0.949. The molecule has 0 radical (unpaired) electrons. The molecule has 6 heteroatoms. The van der Waals surface area contributed by atoms with Crippen LogP contribution in [-0.4, -0.2) is 21.0 Å². The van der Waals surface area contributed by atoms with Gasteiger partial charge in [-0.1, -0.05) is 32.0 Å². The van der Waals surface area contributed by atoms with Crippen LogP contribution >= 0.6 is 0 Å². The topological polar surface area (TPSA) is 87.1 Å². The van der Waals surface area contributed by atoms with Crippen LogP contribution in [0.4, 0.5) is 23.0 Å². The first-order valence-corrected chi connectivity index (χ1v) is 8.74. The number of carboxylic acid groups (broad SMARTS) is 1. The largest absolute Gasteiger partial charge is 0.478 e. The van der Waals surface area contributed by atoms with Crippen molar-refractivity contribution in [1.82, 2.24) is 9.97 Å². The average Bonchev–Trinajstić information content (AvgIpc) is 2.62. The van der Waals surface area contributed by atoms with Gasteiger partial charge in [-0.2, -0.15) is 0 Å². The average molecular weight is 362 g/mol. The normalized spacial score (nSPS) is 10.7. The zero-order chi connectivity index (χ0) is 19.4. The molecule has 0 aliphatic carbocycles. The van der Waals surface area contributed by atoms with Crippen LogP contribution in [0.25, 0.3) is 0 Å². The number of benzene rings is 2. The number of nitrogens with zero attached hydrogens (tertiary/aromatic N) is 2. The van der Waals surface area contributed by atoms with Crippen LogP contribution in [0.2, 0.25) is 0 Å². The quantitative estimate of drug-likeness (QED) is 0.566. The molecule has 0 saturated carbocycles. The van der Waals surface area contributed by atoms with E-state index in [9.17, 15) is 4.79 Å². The number of rotatable bonds is 6. The maximum atomic E-state index is 11.0. The van der Waals surface area contributed by atoms with E-state index in [0.717, 1.165) is 11.4 Å². The van der Waals surface area contributed by atoms with Crippen molar-refractivity contribution in [2.24, 2.45) is 0 Å². The second-order valence-corrected chi connectivity index (χ2v) is 6.56. The van der Waals surface area contributed by atoms with Gasteiger partial charge in [0, 0.05) is 17.4 Å². The van der Waals surface area contributed by atoms with Gasteiger partial charge >= 0.3 is 5.97 Å². The molecular formula is C21H22N4O2. The summed E-state index contributed by atoms with van der Waals surface area (Å²) in [5, 5.41) is 15.6. The number of aryl methyl sites for hydroxylation is 1. The SMILES string of the molecule is Cc1nc(Nc2ccc(C(=O)O)cc2)cc(Nc2ccccc2C(C)C)n1. The number of carboxylic acids is 1. The van der Waals surface area contributed by atoms with Crippen molar-refractivity contribution in [1.29, 1.82) is 0 Å².